The molecule has 0 aliphatic rings. The van der Waals surface area contributed by atoms with Crippen molar-refractivity contribution in [3.8, 4) is 0 Å². The van der Waals surface area contributed by atoms with E-state index < -0.39 is 18.0 Å². The maximum absolute atomic E-state index is 11.5. The van der Waals surface area contributed by atoms with Crippen LogP contribution in [0.5, 0.6) is 0 Å². The van der Waals surface area contributed by atoms with Crippen LogP contribution in [-0.4, -0.2) is 18.0 Å². The van der Waals surface area contributed by atoms with Crippen molar-refractivity contribution in [2.75, 3.05) is 0 Å². The van der Waals surface area contributed by atoms with Gasteiger partial charge in [0.15, 0.2) is 0 Å². The summed E-state index contributed by atoms with van der Waals surface area (Å²) in [6.45, 7) is 2.19. The molecule has 1 atom stereocenters. The van der Waals surface area contributed by atoms with Crippen LogP contribution in [0, 0.1) is 0 Å². The molecule has 0 radical (unpaired) electrons. The lowest BCUT2D eigenvalue weighted by Crippen LogP contribution is -2.51. The zero-order chi connectivity index (χ0) is 15.0. The lowest BCUT2D eigenvalue weighted by Gasteiger charge is -2.13. The number of carbonyl (C=O) groups is 2. The molecule has 0 fully saturated rings. The lowest BCUT2D eigenvalue weighted by atomic mass is 10.2. The fraction of sp³-hybridized carbons (Fsp3) is 0.385. The molecule has 0 bridgehead atoms. The van der Waals surface area contributed by atoms with Crippen molar-refractivity contribution in [3.05, 3.63) is 34.9 Å². The summed E-state index contributed by atoms with van der Waals surface area (Å²) in [4.78, 5) is 23.0. The van der Waals surface area contributed by atoms with E-state index in [1.165, 1.54) is 0 Å². The summed E-state index contributed by atoms with van der Waals surface area (Å²) >= 11 is 5.95. The van der Waals surface area contributed by atoms with Gasteiger partial charge in [-0.05, 0) is 18.1 Å². The van der Waals surface area contributed by atoms with E-state index in [4.69, 9.17) is 17.3 Å². The first-order valence-corrected chi connectivity index (χ1v) is 6.75. The Bertz CT molecular complexity index is 467. The fourth-order valence-electron chi connectivity index (χ4n) is 1.51. The first kappa shape index (κ1) is 16.3. The minimum absolute atomic E-state index is 0.266. The molecule has 5 N–H and O–H groups in total. The normalized spacial score (nSPS) is 11.6. The maximum atomic E-state index is 11.5. The number of amides is 3. The molecule has 3 amide bonds. The largest absolute Gasteiger partial charge is 0.333 e. The van der Waals surface area contributed by atoms with Gasteiger partial charge in [0.1, 0.15) is 0 Å². The first-order chi connectivity index (χ1) is 9.54. The molecule has 0 aromatic heterocycles. The standard InChI is InChI=1S/C13H19ClN4O2/c1-2-5-11(15)12(19)17-18-13(20)16-8-9-6-3-4-7-10(9)14/h3-4,6-7,11H,2,5,8,15H2,1H3,(H,17,19)(H2,16,18,20). The zero-order valence-corrected chi connectivity index (χ0v) is 12.0. The highest BCUT2D eigenvalue weighted by molar-refractivity contribution is 6.31. The summed E-state index contributed by atoms with van der Waals surface area (Å²) in [5.74, 6) is -0.417. The lowest BCUT2D eigenvalue weighted by molar-refractivity contribution is -0.123. The monoisotopic (exact) mass is 298 g/mol. The first-order valence-electron chi connectivity index (χ1n) is 6.37. The Morgan fingerprint density at radius 2 is 2.00 bits per heavy atom. The molecule has 1 unspecified atom stereocenters. The third kappa shape index (κ3) is 5.46. The summed E-state index contributed by atoms with van der Waals surface area (Å²) in [5.41, 5.74) is 10.9. The minimum atomic E-state index is -0.621. The van der Waals surface area contributed by atoms with E-state index in [9.17, 15) is 9.59 Å². The van der Waals surface area contributed by atoms with E-state index in [0.29, 0.717) is 11.4 Å². The molecule has 0 aliphatic carbocycles. The van der Waals surface area contributed by atoms with Crippen LogP contribution in [0.25, 0.3) is 0 Å². The highest BCUT2D eigenvalue weighted by Crippen LogP contribution is 2.13. The molecule has 1 rings (SSSR count). The quantitative estimate of drug-likeness (QED) is 0.617. The van der Waals surface area contributed by atoms with Gasteiger partial charge in [-0.2, -0.15) is 0 Å². The number of rotatable bonds is 5. The molecule has 0 saturated heterocycles. The van der Waals surface area contributed by atoms with Gasteiger partial charge in [-0.3, -0.25) is 10.2 Å². The van der Waals surface area contributed by atoms with Crippen LogP contribution < -0.4 is 21.9 Å². The van der Waals surface area contributed by atoms with Gasteiger partial charge in [0.05, 0.1) is 6.04 Å². The third-order valence-electron chi connectivity index (χ3n) is 2.63. The van der Waals surface area contributed by atoms with Gasteiger partial charge >= 0.3 is 6.03 Å². The van der Waals surface area contributed by atoms with Crippen molar-refractivity contribution in [2.45, 2.75) is 32.4 Å². The van der Waals surface area contributed by atoms with Crippen LogP contribution in [0.15, 0.2) is 24.3 Å². The number of urea groups is 1. The molecule has 1 aromatic rings. The predicted octanol–water partition coefficient (Wildman–Crippen LogP) is 1.30. The van der Waals surface area contributed by atoms with E-state index in [-0.39, 0.29) is 6.54 Å². The predicted molar refractivity (Wildman–Crippen MR) is 77.8 cm³/mol. The highest BCUT2D eigenvalue weighted by atomic mass is 35.5. The van der Waals surface area contributed by atoms with E-state index >= 15 is 0 Å². The molecule has 0 aliphatic heterocycles. The molecule has 20 heavy (non-hydrogen) atoms. The van der Waals surface area contributed by atoms with Gasteiger partial charge in [-0.1, -0.05) is 43.1 Å². The highest BCUT2D eigenvalue weighted by Gasteiger charge is 2.12. The van der Waals surface area contributed by atoms with Crippen LogP contribution in [-0.2, 0) is 11.3 Å². The minimum Gasteiger partial charge on any atom is -0.333 e. The van der Waals surface area contributed by atoms with Gasteiger partial charge in [0.25, 0.3) is 5.91 Å². The molecule has 7 heteroatoms. The molecule has 110 valence electrons. The van der Waals surface area contributed by atoms with Crippen LogP contribution in [0.1, 0.15) is 25.3 Å². The molecule has 1 aromatic carbocycles. The van der Waals surface area contributed by atoms with Crippen molar-refractivity contribution in [1.29, 1.82) is 0 Å². The number of nitrogens with two attached hydrogens (primary N) is 1. The van der Waals surface area contributed by atoms with Crippen molar-refractivity contribution in [2.24, 2.45) is 5.73 Å². The van der Waals surface area contributed by atoms with Gasteiger partial charge in [0.2, 0.25) is 0 Å². The SMILES string of the molecule is CCCC(N)C(=O)NNC(=O)NCc1ccccc1Cl. The van der Waals surface area contributed by atoms with Gasteiger partial charge in [-0.25, -0.2) is 10.2 Å². The summed E-state index contributed by atoms with van der Waals surface area (Å²) in [7, 11) is 0. The molecule has 6 nitrogen and oxygen atoms in total. The number of carbonyl (C=O) groups excluding carboxylic acids is 2. The summed E-state index contributed by atoms with van der Waals surface area (Å²) < 4.78 is 0. The van der Waals surface area contributed by atoms with E-state index in [0.717, 1.165) is 12.0 Å². The number of hydrogen-bond acceptors (Lipinski definition) is 3. The average Bonchev–Trinajstić information content (AvgIpc) is 2.44. The van der Waals surface area contributed by atoms with Crippen LogP contribution in [0.3, 0.4) is 0 Å². The van der Waals surface area contributed by atoms with Crippen molar-refractivity contribution >= 4 is 23.5 Å². The summed E-state index contributed by atoms with van der Waals surface area (Å²) in [5, 5.41) is 3.15. The molecule has 0 heterocycles. The number of nitrogens with one attached hydrogen (secondary N) is 3. The van der Waals surface area contributed by atoms with Crippen molar-refractivity contribution in [3.63, 3.8) is 0 Å². The van der Waals surface area contributed by atoms with Crippen LogP contribution in [0.2, 0.25) is 5.02 Å². The van der Waals surface area contributed by atoms with Crippen LogP contribution in [0.4, 0.5) is 4.79 Å². The van der Waals surface area contributed by atoms with Gasteiger partial charge < -0.3 is 11.1 Å². The number of halogens is 1. The Hall–Kier alpha value is -1.79. The smallest absolute Gasteiger partial charge is 0.333 e. The maximum Gasteiger partial charge on any atom is 0.333 e. The average molecular weight is 299 g/mol. The molecular weight excluding hydrogens is 280 g/mol. The van der Waals surface area contributed by atoms with E-state index in [2.05, 4.69) is 16.2 Å². The zero-order valence-electron chi connectivity index (χ0n) is 11.3. The second-order valence-corrected chi connectivity index (χ2v) is 4.69. The topological polar surface area (TPSA) is 96.2 Å². The number of hydrazine groups is 1. The second-order valence-electron chi connectivity index (χ2n) is 4.28. The Balaban J connectivity index is 2.31. The summed E-state index contributed by atoms with van der Waals surface area (Å²) in [6, 6.07) is 6.03. The summed E-state index contributed by atoms with van der Waals surface area (Å²) in [6.07, 6.45) is 1.36. The Morgan fingerprint density at radius 3 is 2.65 bits per heavy atom. The third-order valence-corrected chi connectivity index (χ3v) is 3.00. The van der Waals surface area contributed by atoms with Gasteiger partial charge in [0, 0.05) is 11.6 Å². The van der Waals surface area contributed by atoms with E-state index in [1.807, 2.05) is 13.0 Å². The fourth-order valence-corrected chi connectivity index (χ4v) is 1.72. The Kier molecular flexibility index (Phi) is 6.83. The molecule has 0 spiro atoms. The Labute approximate surface area is 123 Å². The number of benzene rings is 1. The second kappa shape index (κ2) is 8.39. The van der Waals surface area contributed by atoms with Gasteiger partial charge in [-0.15, -0.1) is 0 Å². The van der Waals surface area contributed by atoms with E-state index in [1.54, 1.807) is 18.2 Å². The Morgan fingerprint density at radius 1 is 1.30 bits per heavy atom. The van der Waals surface area contributed by atoms with Crippen LogP contribution >= 0.6 is 11.6 Å². The van der Waals surface area contributed by atoms with Crippen molar-refractivity contribution in [1.82, 2.24) is 16.2 Å². The number of hydrogen-bond donors (Lipinski definition) is 4. The molecule has 0 saturated carbocycles. The van der Waals surface area contributed by atoms with Crippen molar-refractivity contribution < 1.29 is 9.59 Å². The molecular formula is C13H19ClN4O2.